The Labute approximate surface area is 212 Å². The van der Waals surface area contributed by atoms with Crippen molar-refractivity contribution in [1.29, 1.82) is 0 Å². The number of aryl methyl sites for hydroxylation is 1. The molecule has 1 aromatic carbocycles. The summed E-state index contributed by atoms with van der Waals surface area (Å²) in [6.45, 7) is 9.67. The number of benzene rings is 1. The van der Waals surface area contributed by atoms with Gasteiger partial charge in [-0.2, -0.15) is 0 Å². The first-order valence-electron chi connectivity index (χ1n) is 12.4. The van der Waals surface area contributed by atoms with Crippen molar-refractivity contribution >= 4 is 23.8 Å². The molecule has 35 heavy (non-hydrogen) atoms. The highest BCUT2D eigenvalue weighted by Crippen LogP contribution is 2.42. The molecule has 188 valence electrons. The molecule has 3 heterocycles. The number of rotatable bonds is 6. The van der Waals surface area contributed by atoms with Crippen LogP contribution in [0.2, 0.25) is 0 Å². The van der Waals surface area contributed by atoms with Crippen molar-refractivity contribution in [3.05, 3.63) is 66.0 Å². The molecule has 2 unspecified atom stereocenters. The number of carbonyl (C=O) groups excluding carboxylic acids is 2. The molecule has 2 atom stereocenters. The van der Waals surface area contributed by atoms with Gasteiger partial charge in [0.1, 0.15) is 17.0 Å². The molecule has 0 saturated carbocycles. The van der Waals surface area contributed by atoms with Crippen molar-refractivity contribution in [2.45, 2.75) is 50.6 Å². The Hall–Kier alpha value is -2.58. The van der Waals surface area contributed by atoms with Crippen molar-refractivity contribution in [1.82, 2.24) is 19.7 Å². The van der Waals surface area contributed by atoms with Crippen molar-refractivity contribution in [2.75, 3.05) is 38.5 Å². The SMILES string of the molecule is CC(C)(C)OC(=O)N1C(C(=O)N2CCN(CCCc3ccccc3)CC2)CSC1c1cccnc1. The van der Waals surface area contributed by atoms with E-state index in [1.165, 1.54) is 5.56 Å². The average molecular weight is 497 g/mol. The minimum absolute atomic E-state index is 0.0127. The van der Waals surface area contributed by atoms with Gasteiger partial charge in [0, 0.05) is 49.9 Å². The zero-order chi connectivity index (χ0) is 24.8. The van der Waals surface area contributed by atoms with Crippen LogP contribution in [0.15, 0.2) is 54.9 Å². The van der Waals surface area contributed by atoms with Gasteiger partial charge < -0.3 is 9.64 Å². The highest BCUT2D eigenvalue weighted by atomic mass is 32.2. The number of hydrogen-bond donors (Lipinski definition) is 0. The molecule has 2 aliphatic heterocycles. The third kappa shape index (κ3) is 6.76. The van der Waals surface area contributed by atoms with E-state index in [1.54, 1.807) is 29.1 Å². The molecule has 0 bridgehead atoms. The van der Waals surface area contributed by atoms with Crippen molar-refractivity contribution in [2.24, 2.45) is 0 Å². The van der Waals surface area contributed by atoms with E-state index in [4.69, 9.17) is 4.74 Å². The molecule has 2 saturated heterocycles. The summed E-state index contributed by atoms with van der Waals surface area (Å²) in [7, 11) is 0. The molecule has 0 N–H and O–H groups in total. The van der Waals surface area contributed by atoms with Crippen molar-refractivity contribution < 1.29 is 14.3 Å². The van der Waals surface area contributed by atoms with Crippen LogP contribution in [-0.4, -0.2) is 81.8 Å². The minimum Gasteiger partial charge on any atom is -0.444 e. The summed E-state index contributed by atoms with van der Waals surface area (Å²) >= 11 is 1.60. The molecule has 2 aromatic rings. The van der Waals surface area contributed by atoms with Gasteiger partial charge >= 0.3 is 6.09 Å². The van der Waals surface area contributed by atoms with Crippen LogP contribution in [0.5, 0.6) is 0 Å². The van der Waals surface area contributed by atoms with E-state index in [2.05, 4.69) is 34.1 Å². The maximum atomic E-state index is 13.6. The van der Waals surface area contributed by atoms with Crippen molar-refractivity contribution in [3.63, 3.8) is 0 Å². The number of thioether (sulfide) groups is 1. The van der Waals surface area contributed by atoms with Crippen LogP contribution in [0.25, 0.3) is 0 Å². The minimum atomic E-state index is -0.636. The van der Waals surface area contributed by atoms with Gasteiger partial charge in [-0.25, -0.2) is 4.79 Å². The summed E-state index contributed by atoms with van der Waals surface area (Å²) in [5, 5.41) is -0.285. The quantitative estimate of drug-likeness (QED) is 0.597. The Kier molecular flexibility index (Phi) is 8.34. The molecule has 0 aliphatic carbocycles. The summed E-state index contributed by atoms with van der Waals surface area (Å²) in [6.07, 6.45) is 5.20. The van der Waals surface area contributed by atoms with E-state index in [1.807, 2.05) is 43.9 Å². The second-order valence-corrected chi connectivity index (χ2v) is 11.2. The lowest BCUT2D eigenvalue weighted by molar-refractivity contribution is -0.137. The first kappa shape index (κ1) is 25.5. The van der Waals surface area contributed by atoms with Gasteiger partial charge in [0.15, 0.2) is 0 Å². The number of ether oxygens (including phenoxy) is 1. The number of amides is 2. The third-order valence-electron chi connectivity index (χ3n) is 6.33. The summed E-state index contributed by atoms with van der Waals surface area (Å²) in [5.41, 5.74) is 1.63. The Morgan fingerprint density at radius 2 is 1.80 bits per heavy atom. The van der Waals surface area contributed by atoms with Gasteiger partial charge in [0.25, 0.3) is 0 Å². The van der Waals surface area contributed by atoms with E-state index in [0.29, 0.717) is 18.8 Å². The highest BCUT2D eigenvalue weighted by Gasteiger charge is 2.45. The third-order valence-corrected chi connectivity index (χ3v) is 7.65. The Morgan fingerprint density at radius 1 is 1.06 bits per heavy atom. The fraction of sp³-hybridized carbons (Fsp3) is 0.519. The fourth-order valence-electron chi connectivity index (χ4n) is 4.57. The standard InChI is InChI=1S/C27H36N4O3S/c1-27(2,3)34-26(33)31-23(20-35-25(31)22-12-7-13-28-19-22)24(32)30-17-15-29(16-18-30)14-8-11-21-9-5-4-6-10-21/h4-7,9-10,12-13,19,23,25H,8,11,14-18,20H2,1-3H3. The Bertz CT molecular complexity index is 975. The number of nitrogens with zero attached hydrogens (tertiary/aromatic N) is 4. The summed E-state index contributed by atoms with van der Waals surface area (Å²) in [6, 6.07) is 13.8. The van der Waals surface area contributed by atoms with Crippen LogP contribution < -0.4 is 0 Å². The van der Waals surface area contributed by atoms with Crippen LogP contribution in [0, 0.1) is 0 Å². The first-order chi connectivity index (χ1) is 16.8. The highest BCUT2D eigenvalue weighted by molar-refractivity contribution is 7.99. The number of carbonyl (C=O) groups is 2. The lowest BCUT2D eigenvalue weighted by Gasteiger charge is -2.38. The predicted molar refractivity (Wildman–Crippen MR) is 139 cm³/mol. The van der Waals surface area contributed by atoms with E-state index >= 15 is 0 Å². The average Bonchev–Trinajstić information content (AvgIpc) is 3.30. The van der Waals surface area contributed by atoms with Crippen LogP contribution in [-0.2, 0) is 16.0 Å². The molecule has 8 heteroatoms. The van der Waals surface area contributed by atoms with E-state index in [-0.39, 0.29) is 11.3 Å². The summed E-state index contributed by atoms with van der Waals surface area (Å²) in [4.78, 5) is 37.0. The maximum Gasteiger partial charge on any atom is 0.412 e. The van der Waals surface area contributed by atoms with Crippen molar-refractivity contribution in [3.8, 4) is 0 Å². The van der Waals surface area contributed by atoms with Gasteiger partial charge in [-0.05, 0) is 51.8 Å². The van der Waals surface area contributed by atoms with Crippen LogP contribution in [0.4, 0.5) is 4.79 Å². The van der Waals surface area contributed by atoms with Crippen LogP contribution in [0.1, 0.15) is 43.7 Å². The summed E-state index contributed by atoms with van der Waals surface area (Å²) < 4.78 is 5.71. The number of piperazine rings is 1. The Morgan fingerprint density at radius 3 is 2.46 bits per heavy atom. The largest absolute Gasteiger partial charge is 0.444 e. The second-order valence-electron chi connectivity index (χ2n) is 10.1. The van der Waals surface area contributed by atoms with Gasteiger partial charge in [-0.1, -0.05) is 36.4 Å². The Balaban J connectivity index is 1.36. The molecule has 2 amide bonds. The topological polar surface area (TPSA) is 66.0 Å². The fourth-order valence-corrected chi connectivity index (χ4v) is 5.96. The molecule has 7 nitrogen and oxygen atoms in total. The molecule has 2 fully saturated rings. The van der Waals surface area contributed by atoms with E-state index < -0.39 is 17.7 Å². The van der Waals surface area contributed by atoms with Crippen LogP contribution in [0.3, 0.4) is 0 Å². The van der Waals surface area contributed by atoms with Gasteiger partial charge in [-0.3, -0.25) is 19.6 Å². The molecule has 2 aliphatic rings. The number of aromatic nitrogens is 1. The monoisotopic (exact) mass is 496 g/mol. The molecule has 0 radical (unpaired) electrons. The maximum absolute atomic E-state index is 13.6. The predicted octanol–water partition coefficient (Wildman–Crippen LogP) is 4.21. The zero-order valence-corrected chi connectivity index (χ0v) is 21.7. The first-order valence-corrected chi connectivity index (χ1v) is 13.4. The lowest BCUT2D eigenvalue weighted by atomic mass is 10.1. The molecular weight excluding hydrogens is 460 g/mol. The van der Waals surface area contributed by atoms with Gasteiger partial charge in [0.05, 0.1) is 0 Å². The molecule has 0 spiro atoms. The zero-order valence-electron chi connectivity index (χ0n) is 20.9. The van der Waals surface area contributed by atoms with E-state index in [0.717, 1.165) is 38.0 Å². The number of hydrogen-bond acceptors (Lipinski definition) is 6. The normalized spacial score (nSPS) is 21.2. The van der Waals surface area contributed by atoms with Crippen LogP contribution >= 0.6 is 11.8 Å². The molecule has 4 rings (SSSR count). The summed E-state index contributed by atoms with van der Waals surface area (Å²) in [5.74, 6) is 0.563. The van der Waals surface area contributed by atoms with Gasteiger partial charge in [0.2, 0.25) is 5.91 Å². The number of pyridine rings is 1. The second kappa shape index (κ2) is 11.4. The van der Waals surface area contributed by atoms with E-state index in [9.17, 15) is 9.59 Å². The van der Waals surface area contributed by atoms with Gasteiger partial charge in [-0.15, -0.1) is 11.8 Å². The lowest BCUT2D eigenvalue weighted by Crippen LogP contribution is -2.55. The molecular formula is C27H36N4O3S. The smallest absolute Gasteiger partial charge is 0.412 e. The molecule has 1 aromatic heterocycles.